The molecule has 0 atom stereocenters. The first-order chi connectivity index (χ1) is 10.1. The van der Waals surface area contributed by atoms with E-state index >= 15 is 0 Å². The van der Waals surface area contributed by atoms with Gasteiger partial charge in [0, 0.05) is 21.3 Å². The molecule has 0 unspecified atom stereocenters. The van der Waals surface area contributed by atoms with Crippen molar-refractivity contribution in [1.82, 2.24) is 0 Å². The molecule has 1 aliphatic heterocycles. The van der Waals surface area contributed by atoms with Crippen molar-refractivity contribution in [2.45, 2.75) is 6.92 Å². The molecule has 0 bridgehead atoms. The Morgan fingerprint density at radius 2 is 1.95 bits per heavy atom. The minimum absolute atomic E-state index is 0.0860. The summed E-state index contributed by atoms with van der Waals surface area (Å²) >= 11 is 3.52. The maximum Gasteiger partial charge on any atom is 0.256 e. The molecule has 1 amide bonds. The zero-order chi connectivity index (χ0) is 15.0. The highest BCUT2D eigenvalue weighted by Gasteiger charge is 2.26. The highest BCUT2D eigenvalue weighted by Crippen LogP contribution is 2.39. The molecule has 106 valence electrons. The van der Waals surface area contributed by atoms with Crippen LogP contribution in [-0.4, -0.2) is 13.0 Å². The summed E-state index contributed by atoms with van der Waals surface area (Å²) in [5.41, 5.74) is 4.39. The second-order valence-corrected chi connectivity index (χ2v) is 5.70. The van der Waals surface area contributed by atoms with Gasteiger partial charge in [0.2, 0.25) is 0 Å². The van der Waals surface area contributed by atoms with Crippen LogP contribution in [0.5, 0.6) is 5.75 Å². The minimum atomic E-state index is -0.0860. The average molecular weight is 344 g/mol. The van der Waals surface area contributed by atoms with Gasteiger partial charge in [-0.25, -0.2) is 0 Å². The van der Waals surface area contributed by atoms with Crippen LogP contribution in [0.2, 0.25) is 0 Å². The Morgan fingerprint density at radius 1 is 1.19 bits per heavy atom. The van der Waals surface area contributed by atoms with Crippen molar-refractivity contribution in [3.05, 3.63) is 57.6 Å². The molecule has 0 saturated carbocycles. The number of halogens is 1. The largest absolute Gasteiger partial charge is 0.496 e. The summed E-state index contributed by atoms with van der Waals surface area (Å²) in [5.74, 6) is 0.663. The Balaban J connectivity index is 2.19. The summed E-state index contributed by atoms with van der Waals surface area (Å²) < 4.78 is 6.34. The topological polar surface area (TPSA) is 38.3 Å². The first-order valence-electron chi connectivity index (χ1n) is 6.57. The first kappa shape index (κ1) is 13.9. The van der Waals surface area contributed by atoms with Gasteiger partial charge in [0.25, 0.3) is 5.91 Å². The molecule has 21 heavy (non-hydrogen) atoms. The van der Waals surface area contributed by atoms with Gasteiger partial charge in [-0.1, -0.05) is 34.1 Å². The van der Waals surface area contributed by atoms with E-state index in [-0.39, 0.29) is 5.91 Å². The Labute approximate surface area is 131 Å². The van der Waals surface area contributed by atoms with Crippen LogP contribution in [0.15, 0.2) is 40.9 Å². The van der Waals surface area contributed by atoms with E-state index in [1.807, 2.05) is 49.4 Å². The number of carbonyl (C=O) groups excluding carboxylic acids is 1. The van der Waals surface area contributed by atoms with Gasteiger partial charge < -0.3 is 10.1 Å². The van der Waals surface area contributed by atoms with Crippen molar-refractivity contribution >= 4 is 39.2 Å². The Morgan fingerprint density at radius 3 is 2.71 bits per heavy atom. The zero-order valence-electron chi connectivity index (χ0n) is 11.7. The van der Waals surface area contributed by atoms with Gasteiger partial charge in [-0.2, -0.15) is 0 Å². The molecule has 0 saturated heterocycles. The van der Waals surface area contributed by atoms with Gasteiger partial charge in [0.15, 0.2) is 0 Å². The van der Waals surface area contributed by atoms with E-state index in [2.05, 4.69) is 21.2 Å². The fourth-order valence-electron chi connectivity index (χ4n) is 2.52. The number of methoxy groups -OCH3 is 1. The number of hydrogen-bond acceptors (Lipinski definition) is 2. The molecule has 2 aromatic carbocycles. The predicted molar refractivity (Wildman–Crippen MR) is 88.4 cm³/mol. The molecule has 0 fully saturated rings. The van der Waals surface area contributed by atoms with Gasteiger partial charge in [-0.15, -0.1) is 0 Å². The van der Waals surface area contributed by atoms with Crippen LogP contribution in [0, 0.1) is 6.92 Å². The number of ether oxygens (including phenoxy) is 1. The third kappa shape index (κ3) is 2.36. The second kappa shape index (κ2) is 5.37. The van der Waals surface area contributed by atoms with Crippen LogP contribution in [0.4, 0.5) is 5.69 Å². The van der Waals surface area contributed by atoms with E-state index in [1.54, 1.807) is 7.11 Å². The molecule has 0 aliphatic carbocycles. The van der Waals surface area contributed by atoms with E-state index in [0.29, 0.717) is 5.57 Å². The molecule has 0 aromatic heterocycles. The second-order valence-electron chi connectivity index (χ2n) is 4.85. The van der Waals surface area contributed by atoms with E-state index in [0.717, 1.165) is 32.6 Å². The van der Waals surface area contributed by atoms with Gasteiger partial charge in [0.05, 0.1) is 12.7 Å². The quantitative estimate of drug-likeness (QED) is 0.827. The number of carbonyl (C=O) groups is 1. The van der Waals surface area contributed by atoms with E-state index in [4.69, 9.17) is 4.74 Å². The molecule has 0 radical (unpaired) electrons. The summed E-state index contributed by atoms with van der Waals surface area (Å²) in [5, 5.41) is 2.90. The lowest BCUT2D eigenvalue weighted by Crippen LogP contribution is -2.03. The van der Waals surface area contributed by atoms with Gasteiger partial charge >= 0.3 is 0 Å². The fraction of sp³-hybridized carbons (Fsp3) is 0.118. The van der Waals surface area contributed by atoms with Crippen LogP contribution in [0.1, 0.15) is 16.7 Å². The number of fused-ring (bicyclic) bond motifs is 1. The number of anilines is 1. The van der Waals surface area contributed by atoms with Crippen LogP contribution >= 0.6 is 15.9 Å². The molecule has 1 heterocycles. The van der Waals surface area contributed by atoms with E-state index in [9.17, 15) is 4.79 Å². The summed E-state index contributed by atoms with van der Waals surface area (Å²) in [4.78, 5) is 12.3. The van der Waals surface area contributed by atoms with Crippen molar-refractivity contribution in [2.75, 3.05) is 12.4 Å². The number of para-hydroxylation sites is 1. The summed E-state index contributed by atoms with van der Waals surface area (Å²) in [6.07, 6.45) is 1.87. The lowest BCUT2D eigenvalue weighted by Gasteiger charge is -2.07. The molecule has 0 spiro atoms. The lowest BCUT2D eigenvalue weighted by atomic mass is 9.99. The van der Waals surface area contributed by atoms with E-state index in [1.165, 1.54) is 0 Å². The number of amides is 1. The Hall–Kier alpha value is -2.07. The molecule has 3 nitrogen and oxygen atoms in total. The molecule has 2 aromatic rings. The standard InChI is InChI=1S/C17H14BrNO2/c1-10-13(18)7-8-14-16(10)12(17(20)19-14)9-11-5-3-4-6-15(11)21-2/h3-9H,1-2H3,(H,19,20). The van der Waals surface area contributed by atoms with E-state index < -0.39 is 0 Å². The smallest absolute Gasteiger partial charge is 0.256 e. The summed E-state index contributed by atoms with van der Waals surface area (Å²) in [6, 6.07) is 11.5. The van der Waals surface area contributed by atoms with Crippen molar-refractivity contribution in [3.8, 4) is 5.75 Å². The normalized spacial score (nSPS) is 15.0. The van der Waals surface area contributed by atoms with Crippen molar-refractivity contribution < 1.29 is 9.53 Å². The SMILES string of the molecule is COc1ccccc1C=C1C(=O)Nc2ccc(Br)c(C)c21. The Bertz CT molecular complexity index is 765. The van der Waals surface area contributed by atoms with Crippen LogP contribution in [0.3, 0.4) is 0 Å². The van der Waals surface area contributed by atoms with Crippen LogP contribution in [-0.2, 0) is 4.79 Å². The van der Waals surface area contributed by atoms with Gasteiger partial charge in [-0.3, -0.25) is 4.79 Å². The van der Waals surface area contributed by atoms with Crippen LogP contribution < -0.4 is 10.1 Å². The fourth-order valence-corrected chi connectivity index (χ4v) is 2.85. The predicted octanol–water partition coefficient (Wildman–Crippen LogP) is 4.26. The van der Waals surface area contributed by atoms with Crippen molar-refractivity contribution in [3.63, 3.8) is 0 Å². The number of hydrogen-bond donors (Lipinski definition) is 1. The minimum Gasteiger partial charge on any atom is -0.496 e. The number of benzene rings is 2. The third-order valence-corrected chi connectivity index (χ3v) is 4.46. The molecule has 1 aliphatic rings. The lowest BCUT2D eigenvalue weighted by molar-refractivity contribution is -0.110. The highest BCUT2D eigenvalue weighted by molar-refractivity contribution is 9.10. The molecule has 4 heteroatoms. The maximum atomic E-state index is 12.3. The number of nitrogens with one attached hydrogen (secondary N) is 1. The van der Waals surface area contributed by atoms with Gasteiger partial charge in [-0.05, 0) is 36.8 Å². The Kier molecular flexibility index (Phi) is 3.55. The molecular weight excluding hydrogens is 330 g/mol. The molecule has 1 N–H and O–H groups in total. The van der Waals surface area contributed by atoms with Gasteiger partial charge in [0.1, 0.15) is 5.75 Å². The highest BCUT2D eigenvalue weighted by atomic mass is 79.9. The first-order valence-corrected chi connectivity index (χ1v) is 7.36. The monoisotopic (exact) mass is 343 g/mol. The van der Waals surface area contributed by atoms with Crippen LogP contribution in [0.25, 0.3) is 11.6 Å². The zero-order valence-corrected chi connectivity index (χ0v) is 13.3. The van der Waals surface area contributed by atoms with Crippen molar-refractivity contribution in [1.29, 1.82) is 0 Å². The maximum absolute atomic E-state index is 12.3. The molecule has 3 rings (SSSR count). The average Bonchev–Trinajstić information content (AvgIpc) is 2.80. The summed E-state index contributed by atoms with van der Waals surface area (Å²) in [6.45, 7) is 2.00. The summed E-state index contributed by atoms with van der Waals surface area (Å²) in [7, 11) is 1.63. The molecular formula is C17H14BrNO2. The number of rotatable bonds is 2. The third-order valence-electron chi connectivity index (χ3n) is 3.60. The van der Waals surface area contributed by atoms with Crippen molar-refractivity contribution in [2.24, 2.45) is 0 Å².